The number of aromatic nitrogens is 1. The predicted octanol–water partition coefficient (Wildman–Crippen LogP) is 3.06. The minimum Gasteiger partial charge on any atom is -0.306 e. The summed E-state index contributed by atoms with van der Waals surface area (Å²) in [6.07, 6.45) is 4.94. The fraction of sp³-hybridized carbons (Fsp3) is 0.615. The quantitative estimate of drug-likeness (QED) is 0.828. The smallest absolute Gasteiger partial charge is 0.141 e. The minimum atomic E-state index is -0.270. The molecule has 1 fully saturated rings. The average Bonchev–Trinajstić information content (AvgIpc) is 3.11. The summed E-state index contributed by atoms with van der Waals surface area (Å²) in [6.45, 7) is 4.35. The molecule has 0 amide bonds. The molecule has 0 radical (unpaired) electrons. The van der Waals surface area contributed by atoms with Crippen molar-refractivity contribution in [3.63, 3.8) is 0 Å². The van der Waals surface area contributed by atoms with E-state index in [1.807, 2.05) is 0 Å². The van der Waals surface area contributed by atoms with Gasteiger partial charge >= 0.3 is 0 Å². The molecule has 3 heteroatoms. The average molecular weight is 222 g/mol. The Morgan fingerprint density at radius 1 is 1.50 bits per heavy atom. The van der Waals surface area contributed by atoms with Gasteiger partial charge in [-0.2, -0.15) is 0 Å². The van der Waals surface area contributed by atoms with Crippen molar-refractivity contribution in [2.75, 3.05) is 0 Å². The van der Waals surface area contributed by atoms with Crippen molar-refractivity contribution in [2.24, 2.45) is 5.92 Å². The lowest BCUT2D eigenvalue weighted by molar-refractivity contribution is 0.407. The van der Waals surface area contributed by atoms with Crippen molar-refractivity contribution < 1.29 is 4.39 Å². The summed E-state index contributed by atoms with van der Waals surface area (Å²) in [5.41, 5.74) is 0.941. The predicted molar refractivity (Wildman–Crippen MR) is 62.5 cm³/mol. The first-order valence-corrected chi connectivity index (χ1v) is 6.08. The number of hydrogen-bond donors (Lipinski definition) is 1. The third-order valence-corrected chi connectivity index (χ3v) is 3.31. The molecule has 16 heavy (non-hydrogen) atoms. The first-order chi connectivity index (χ1) is 7.70. The number of halogens is 1. The third kappa shape index (κ3) is 2.79. The van der Waals surface area contributed by atoms with Crippen LogP contribution in [0.25, 0.3) is 0 Å². The van der Waals surface area contributed by atoms with Gasteiger partial charge in [0.15, 0.2) is 0 Å². The molecule has 2 nitrogen and oxygen atoms in total. The molecule has 88 valence electrons. The standard InChI is InChI=1S/C13H19FN2/c1-3-12(16-9(2)10-4-5-10)13-7-6-11(14)8-15-13/h6-10,12,16H,3-5H2,1-2H3. The summed E-state index contributed by atoms with van der Waals surface area (Å²) in [7, 11) is 0. The number of hydrogen-bond acceptors (Lipinski definition) is 2. The van der Waals surface area contributed by atoms with Crippen LogP contribution in [0.3, 0.4) is 0 Å². The van der Waals surface area contributed by atoms with Gasteiger partial charge in [0.25, 0.3) is 0 Å². The van der Waals surface area contributed by atoms with Crippen LogP contribution < -0.4 is 5.32 Å². The van der Waals surface area contributed by atoms with E-state index in [2.05, 4.69) is 24.1 Å². The largest absolute Gasteiger partial charge is 0.306 e. The van der Waals surface area contributed by atoms with E-state index in [1.54, 1.807) is 6.07 Å². The number of nitrogens with one attached hydrogen (secondary N) is 1. The maximum Gasteiger partial charge on any atom is 0.141 e. The molecule has 0 saturated heterocycles. The number of pyridine rings is 1. The molecule has 1 saturated carbocycles. The van der Waals surface area contributed by atoms with E-state index in [0.29, 0.717) is 6.04 Å². The Kier molecular flexibility index (Phi) is 3.54. The summed E-state index contributed by atoms with van der Waals surface area (Å²) in [5.74, 6) is 0.559. The summed E-state index contributed by atoms with van der Waals surface area (Å²) in [6, 6.07) is 4.04. The van der Waals surface area contributed by atoms with Crippen molar-refractivity contribution in [2.45, 2.75) is 45.2 Å². The lowest BCUT2D eigenvalue weighted by atomic mass is 10.1. The van der Waals surface area contributed by atoms with E-state index in [-0.39, 0.29) is 11.9 Å². The van der Waals surface area contributed by atoms with E-state index in [9.17, 15) is 4.39 Å². The first-order valence-electron chi connectivity index (χ1n) is 6.08. The van der Waals surface area contributed by atoms with Crippen LogP contribution in [-0.4, -0.2) is 11.0 Å². The molecule has 1 heterocycles. The summed E-state index contributed by atoms with van der Waals surface area (Å²) >= 11 is 0. The summed E-state index contributed by atoms with van der Waals surface area (Å²) in [5, 5.41) is 3.58. The van der Waals surface area contributed by atoms with Gasteiger partial charge in [-0.05, 0) is 44.2 Å². The third-order valence-electron chi connectivity index (χ3n) is 3.31. The van der Waals surface area contributed by atoms with Gasteiger partial charge in [0, 0.05) is 12.1 Å². The Hall–Kier alpha value is -0.960. The monoisotopic (exact) mass is 222 g/mol. The Balaban J connectivity index is 2.00. The van der Waals surface area contributed by atoms with Crippen LogP contribution in [0.5, 0.6) is 0 Å². The molecule has 1 aliphatic carbocycles. The minimum absolute atomic E-state index is 0.246. The van der Waals surface area contributed by atoms with E-state index in [1.165, 1.54) is 25.1 Å². The second-order valence-corrected chi connectivity index (χ2v) is 4.65. The molecule has 0 aliphatic heterocycles. The molecule has 1 N–H and O–H groups in total. The van der Waals surface area contributed by atoms with Crippen molar-refractivity contribution in [3.8, 4) is 0 Å². The van der Waals surface area contributed by atoms with Crippen LogP contribution in [0.15, 0.2) is 18.3 Å². The normalized spacial score (nSPS) is 19.4. The van der Waals surface area contributed by atoms with Crippen molar-refractivity contribution in [1.29, 1.82) is 0 Å². The number of nitrogens with zero attached hydrogens (tertiary/aromatic N) is 1. The molecule has 0 spiro atoms. The molecule has 0 aromatic carbocycles. The Morgan fingerprint density at radius 3 is 2.75 bits per heavy atom. The van der Waals surface area contributed by atoms with Gasteiger partial charge in [-0.1, -0.05) is 6.92 Å². The van der Waals surface area contributed by atoms with Crippen LogP contribution in [0, 0.1) is 11.7 Å². The SMILES string of the molecule is CCC(NC(C)C1CC1)c1ccc(F)cn1. The maximum absolute atomic E-state index is 12.8. The van der Waals surface area contributed by atoms with Crippen molar-refractivity contribution in [1.82, 2.24) is 10.3 Å². The zero-order valence-corrected chi connectivity index (χ0v) is 9.91. The van der Waals surface area contributed by atoms with Gasteiger partial charge in [-0.25, -0.2) is 4.39 Å². The van der Waals surface area contributed by atoms with Crippen LogP contribution in [0.1, 0.15) is 44.8 Å². The topological polar surface area (TPSA) is 24.9 Å². The zero-order chi connectivity index (χ0) is 11.5. The zero-order valence-electron chi connectivity index (χ0n) is 9.91. The van der Waals surface area contributed by atoms with Gasteiger partial charge in [0.1, 0.15) is 5.82 Å². The molecule has 0 bridgehead atoms. The molecule has 1 aliphatic rings. The van der Waals surface area contributed by atoms with Gasteiger partial charge in [-0.15, -0.1) is 0 Å². The molecule has 1 aromatic heterocycles. The molecular weight excluding hydrogens is 203 g/mol. The first kappa shape index (κ1) is 11.5. The Labute approximate surface area is 96.3 Å². The number of rotatable bonds is 5. The second-order valence-electron chi connectivity index (χ2n) is 4.65. The van der Waals surface area contributed by atoms with Gasteiger partial charge in [-0.3, -0.25) is 4.98 Å². The van der Waals surface area contributed by atoms with Gasteiger partial charge < -0.3 is 5.32 Å². The molecular formula is C13H19FN2. The Bertz CT molecular complexity index is 332. The highest BCUT2D eigenvalue weighted by Crippen LogP contribution is 2.33. The highest BCUT2D eigenvalue weighted by atomic mass is 19.1. The summed E-state index contributed by atoms with van der Waals surface area (Å²) in [4.78, 5) is 4.14. The highest BCUT2D eigenvalue weighted by molar-refractivity contribution is 5.10. The summed E-state index contributed by atoms with van der Waals surface area (Å²) < 4.78 is 12.8. The lowest BCUT2D eigenvalue weighted by Crippen LogP contribution is -2.32. The maximum atomic E-state index is 12.8. The van der Waals surface area contributed by atoms with Crippen LogP contribution >= 0.6 is 0 Å². The molecule has 2 rings (SSSR count). The lowest BCUT2D eigenvalue weighted by Gasteiger charge is -2.21. The van der Waals surface area contributed by atoms with Crippen LogP contribution in [0.2, 0.25) is 0 Å². The van der Waals surface area contributed by atoms with Crippen molar-refractivity contribution >= 4 is 0 Å². The molecule has 2 unspecified atom stereocenters. The Morgan fingerprint density at radius 2 is 2.25 bits per heavy atom. The highest BCUT2D eigenvalue weighted by Gasteiger charge is 2.29. The van der Waals surface area contributed by atoms with E-state index in [4.69, 9.17) is 0 Å². The molecule has 1 aromatic rings. The van der Waals surface area contributed by atoms with E-state index >= 15 is 0 Å². The second kappa shape index (κ2) is 4.91. The van der Waals surface area contributed by atoms with Gasteiger partial charge in [0.2, 0.25) is 0 Å². The van der Waals surface area contributed by atoms with E-state index in [0.717, 1.165) is 18.0 Å². The van der Waals surface area contributed by atoms with E-state index < -0.39 is 0 Å². The molecule has 2 atom stereocenters. The van der Waals surface area contributed by atoms with Crippen LogP contribution in [0.4, 0.5) is 4.39 Å². The van der Waals surface area contributed by atoms with Crippen molar-refractivity contribution in [3.05, 3.63) is 29.8 Å². The fourth-order valence-corrected chi connectivity index (χ4v) is 2.06. The van der Waals surface area contributed by atoms with Crippen LogP contribution in [-0.2, 0) is 0 Å². The van der Waals surface area contributed by atoms with Gasteiger partial charge in [0.05, 0.1) is 11.9 Å². The fourth-order valence-electron chi connectivity index (χ4n) is 2.06.